The largest absolute Gasteiger partial charge is 0.395 e. The molecule has 3 heterocycles. The van der Waals surface area contributed by atoms with Gasteiger partial charge in [0.2, 0.25) is 5.91 Å². The van der Waals surface area contributed by atoms with Crippen molar-refractivity contribution >= 4 is 17.6 Å². The maximum Gasteiger partial charge on any atom is 0.272 e. The number of nitrogens with two attached hydrogens (primary N) is 1. The van der Waals surface area contributed by atoms with Crippen LogP contribution in [0.2, 0.25) is 0 Å². The summed E-state index contributed by atoms with van der Waals surface area (Å²) < 4.78 is 5.50. The minimum Gasteiger partial charge on any atom is -0.395 e. The molecule has 170 valence electrons. The van der Waals surface area contributed by atoms with Crippen molar-refractivity contribution < 1.29 is 19.4 Å². The Labute approximate surface area is 182 Å². The third-order valence-corrected chi connectivity index (χ3v) is 7.17. The lowest BCUT2D eigenvalue weighted by Gasteiger charge is -2.53. The molecule has 4 N–H and O–H groups in total. The molecule has 2 saturated heterocycles. The number of morpholine rings is 1. The Balaban J connectivity index is 1.53. The van der Waals surface area contributed by atoms with E-state index in [4.69, 9.17) is 10.5 Å². The summed E-state index contributed by atoms with van der Waals surface area (Å²) in [7, 11) is 0. The van der Waals surface area contributed by atoms with Gasteiger partial charge in [-0.1, -0.05) is 6.07 Å². The van der Waals surface area contributed by atoms with Crippen LogP contribution in [0.4, 0.5) is 5.82 Å². The molecule has 3 atom stereocenters. The van der Waals surface area contributed by atoms with Gasteiger partial charge in [0.25, 0.3) is 5.91 Å². The van der Waals surface area contributed by atoms with Gasteiger partial charge >= 0.3 is 0 Å². The van der Waals surface area contributed by atoms with Crippen LogP contribution in [0.1, 0.15) is 36.2 Å². The van der Waals surface area contributed by atoms with Crippen molar-refractivity contribution in [3.8, 4) is 0 Å². The topological polar surface area (TPSA) is 121 Å². The molecular weight excluding hydrogens is 398 g/mol. The smallest absolute Gasteiger partial charge is 0.272 e. The number of amides is 2. The molecule has 9 nitrogen and oxygen atoms in total. The van der Waals surface area contributed by atoms with Gasteiger partial charge in [-0.05, 0) is 43.7 Å². The number of likely N-dealkylation sites (tertiary alicyclic amines) is 1. The maximum absolute atomic E-state index is 13.3. The molecule has 0 bridgehead atoms. The molecule has 0 unspecified atom stereocenters. The summed E-state index contributed by atoms with van der Waals surface area (Å²) in [6.45, 7) is 4.51. The van der Waals surface area contributed by atoms with Crippen LogP contribution in [0.15, 0.2) is 18.2 Å². The summed E-state index contributed by atoms with van der Waals surface area (Å²) in [4.78, 5) is 34.9. The predicted molar refractivity (Wildman–Crippen MR) is 115 cm³/mol. The van der Waals surface area contributed by atoms with Gasteiger partial charge in [0.1, 0.15) is 11.5 Å². The number of rotatable bonds is 5. The minimum absolute atomic E-state index is 0.0509. The Hall–Kier alpha value is -2.23. The van der Waals surface area contributed by atoms with Crippen LogP contribution in [-0.4, -0.2) is 90.3 Å². The number of hydrogen-bond donors (Lipinski definition) is 3. The average Bonchev–Trinajstić information content (AvgIpc) is 2.81. The Morgan fingerprint density at radius 3 is 2.81 bits per heavy atom. The molecule has 0 aromatic carbocycles. The number of nitrogen functional groups attached to an aromatic ring is 1. The van der Waals surface area contributed by atoms with Crippen molar-refractivity contribution in [3.05, 3.63) is 23.9 Å². The molecule has 2 aliphatic heterocycles. The molecule has 2 amide bonds. The maximum atomic E-state index is 13.3. The van der Waals surface area contributed by atoms with Crippen molar-refractivity contribution in [1.82, 2.24) is 20.1 Å². The fourth-order valence-electron chi connectivity index (χ4n) is 5.53. The van der Waals surface area contributed by atoms with E-state index in [1.807, 2.05) is 0 Å². The summed E-state index contributed by atoms with van der Waals surface area (Å²) in [6.07, 6.45) is 3.37. The Morgan fingerprint density at radius 1 is 1.26 bits per heavy atom. The highest BCUT2D eigenvalue weighted by Gasteiger charge is 2.53. The normalized spacial score (nSPS) is 29.3. The number of carbonyl (C=O) groups is 2. The summed E-state index contributed by atoms with van der Waals surface area (Å²) in [5.74, 6) is 0.271. The Kier molecular flexibility index (Phi) is 6.74. The number of anilines is 1. The zero-order chi connectivity index (χ0) is 21.8. The second-order valence-electron chi connectivity index (χ2n) is 8.87. The van der Waals surface area contributed by atoms with Gasteiger partial charge in [-0.2, -0.15) is 0 Å². The van der Waals surface area contributed by atoms with Gasteiger partial charge in [0.15, 0.2) is 0 Å². The quantitative estimate of drug-likeness (QED) is 0.605. The summed E-state index contributed by atoms with van der Waals surface area (Å²) in [5.41, 5.74) is 5.44. The number of piperidine rings is 1. The number of pyridine rings is 1. The molecule has 0 radical (unpaired) electrons. The van der Waals surface area contributed by atoms with Crippen LogP contribution in [0.3, 0.4) is 0 Å². The number of ether oxygens (including phenoxy) is 1. The molecule has 0 spiro atoms. The molecule has 1 aliphatic carbocycles. The Morgan fingerprint density at radius 2 is 2.06 bits per heavy atom. The van der Waals surface area contributed by atoms with Gasteiger partial charge in [-0.3, -0.25) is 14.5 Å². The molecule has 4 rings (SSSR count). The first kappa shape index (κ1) is 22.0. The second kappa shape index (κ2) is 9.50. The standard InChI is InChI=1S/C22H33N5O4/c23-19-3-1-2-18(25-19)20(29)27-8-5-16-14-17(26-9-12-31-13-10-26)4-6-22(16,15-27)21(30)24-7-11-28/h1-3,16-17,28H,4-15H2,(H2,23,25)(H,24,30)/t16-,17+,22-/m1/s1. The third kappa shape index (κ3) is 4.53. The van der Waals surface area contributed by atoms with Crippen molar-refractivity contribution in [1.29, 1.82) is 0 Å². The van der Waals surface area contributed by atoms with Crippen LogP contribution in [0, 0.1) is 11.3 Å². The lowest BCUT2D eigenvalue weighted by atomic mass is 9.60. The fraction of sp³-hybridized carbons (Fsp3) is 0.682. The van der Waals surface area contributed by atoms with E-state index in [1.54, 1.807) is 23.1 Å². The first-order valence-electron chi connectivity index (χ1n) is 11.3. The fourth-order valence-corrected chi connectivity index (χ4v) is 5.53. The highest BCUT2D eigenvalue weighted by Crippen LogP contribution is 2.48. The monoisotopic (exact) mass is 431 g/mol. The van der Waals surface area contributed by atoms with Gasteiger partial charge in [-0.25, -0.2) is 4.98 Å². The first-order valence-corrected chi connectivity index (χ1v) is 11.3. The average molecular weight is 432 g/mol. The van der Waals surface area contributed by atoms with E-state index in [-0.39, 0.29) is 30.9 Å². The zero-order valence-corrected chi connectivity index (χ0v) is 18.0. The molecule has 3 aliphatic rings. The van der Waals surface area contributed by atoms with Gasteiger partial charge < -0.3 is 25.8 Å². The molecule has 3 fully saturated rings. The summed E-state index contributed by atoms with van der Waals surface area (Å²) in [6, 6.07) is 5.49. The number of nitrogens with one attached hydrogen (secondary N) is 1. The van der Waals surface area contributed by atoms with Crippen molar-refractivity contribution in [2.24, 2.45) is 11.3 Å². The van der Waals surface area contributed by atoms with Crippen LogP contribution >= 0.6 is 0 Å². The molecule has 1 saturated carbocycles. The van der Waals surface area contributed by atoms with Crippen LogP contribution in [-0.2, 0) is 9.53 Å². The number of aliphatic hydroxyl groups is 1. The lowest BCUT2D eigenvalue weighted by Crippen LogP contribution is -2.61. The van der Waals surface area contributed by atoms with E-state index in [0.717, 1.165) is 52.0 Å². The molecule has 9 heteroatoms. The number of carbonyl (C=O) groups excluding carboxylic acids is 2. The van der Waals surface area contributed by atoms with Gasteiger partial charge in [0, 0.05) is 38.8 Å². The summed E-state index contributed by atoms with van der Waals surface area (Å²) in [5, 5.41) is 12.1. The number of hydrogen-bond acceptors (Lipinski definition) is 7. The van der Waals surface area contributed by atoms with Gasteiger partial charge in [-0.15, -0.1) is 0 Å². The third-order valence-electron chi connectivity index (χ3n) is 7.17. The summed E-state index contributed by atoms with van der Waals surface area (Å²) >= 11 is 0. The van der Waals surface area contributed by atoms with Crippen LogP contribution < -0.4 is 11.1 Å². The first-order chi connectivity index (χ1) is 15.0. The predicted octanol–water partition coefficient (Wildman–Crippen LogP) is 0.106. The van der Waals surface area contributed by atoms with Crippen LogP contribution in [0.25, 0.3) is 0 Å². The van der Waals surface area contributed by atoms with Crippen molar-refractivity contribution in [3.63, 3.8) is 0 Å². The Bertz CT molecular complexity index is 800. The minimum atomic E-state index is -0.633. The SMILES string of the molecule is Nc1cccc(C(=O)N2CC[C@@H]3C[C@@H](N4CCOCC4)CC[C@@]3(C(=O)NCCO)C2)n1. The highest BCUT2D eigenvalue weighted by atomic mass is 16.5. The second-order valence-corrected chi connectivity index (χ2v) is 8.87. The highest BCUT2D eigenvalue weighted by molar-refractivity contribution is 5.93. The number of nitrogens with zero attached hydrogens (tertiary/aromatic N) is 3. The van der Waals surface area contributed by atoms with Gasteiger partial charge in [0.05, 0.1) is 25.2 Å². The van der Waals surface area contributed by atoms with Crippen molar-refractivity contribution in [2.45, 2.75) is 31.7 Å². The zero-order valence-electron chi connectivity index (χ0n) is 18.0. The molecule has 31 heavy (non-hydrogen) atoms. The van der Waals surface area contributed by atoms with E-state index >= 15 is 0 Å². The number of fused-ring (bicyclic) bond motifs is 1. The number of aliphatic hydroxyl groups excluding tert-OH is 1. The van der Waals surface area contributed by atoms with E-state index in [9.17, 15) is 14.7 Å². The molecule has 1 aromatic rings. The van der Waals surface area contributed by atoms with Crippen LogP contribution in [0.5, 0.6) is 0 Å². The van der Waals surface area contributed by atoms with E-state index < -0.39 is 5.41 Å². The van der Waals surface area contributed by atoms with E-state index in [2.05, 4.69) is 15.2 Å². The molecular formula is C22H33N5O4. The van der Waals surface area contributed by atoms with E-state index in [1.165, 1.54) is 0 Å². The van der Waals surface area contributed by atoms with Crippen molar-refractivity contribution in [2.75, 3.05) is 58.3 Å². The van der Waals surface area contributed by atoms with E-state index in [0.29, 0.717) is 30.6 Å². The molecule has 1 aromatic heterocycles. The lowest BCUT2D eigenvalue weighted by molar-refractivity contribution is -0.143. The number of aromatic nitrogens is 1.